The summed E-state index contributed by atoms with van der Waals surface area (Å²) < 4.78 is 29.5. The lowest BCUT2D eigenvalue weighted by Gasteiger charge is -2.26. The molecule has 15 heteroatoms. The number of rotatable bonds is 24. The van der Waals surface area contributed by atoms with Crippen LogP contribution in [0.25, 0.3) is 48.6 Å². The minimum Gasteiger partial charge on any atom is -0.497 e. The van der Waals surface area contributed by atoms with Gasteiger partial charge in [0.2, 0.25) is 0 Å². The van der Waals surface area contributed by atoms with E-state index in [-0.39, 0.29) is 4.70 Å². The molecule has 4 heterocycles. The predicted molar refractivity (Wildman–Crippen MR) is 426 cm³/mol. The van der Waals surface area contributed by atoms with Crippen LogP contribution >= 0.6 is 0 Å². The predicted octanol–water partition coefficient (Wildman–Crippen LogP) is 21.1. The van der Waals surface area contributed by atoms with Crippen molar-refractivity contribution in [3.63, 3.8) is 0 Å². The molecule has 0 saturated carbocycles. The number of hydrogen-bond donors (Lipinski definition) is 0. The highest BCUT2D eigenvalue weighted by Gasteiger charge is 2.17. The lowest BCUT2D eigenvalue weighted by molar-refractivity contribution is 0.111. The summed E-state index contributed by atoms with van der Waals surface area (Å²) in [4.78, 5) is 39.5. The van der Waals surface area contributed by atoms with Gasteiger partial charge in [-0.25, -0.2) is 0 Å². The Kier molecular flexibility index (Phi) is 25.1. The van der Waals surface area contributed by atoms with Crippen LogP contribution in [-0.2, 0) is 28.2 Å². The van der Waals surface area contributed by atoms with Gasteiger partial charge in [0.25, 0.3) is 0 Å². The molecule has 9 aromatic carbocycles. The number of aldehydes is 3. The van der Waals surface area contributed by atoms with Gasteiger partial charge in [0.1, 0.15) is 29.8 Å². The van der Waals surface area contributed by atoms with E-state index < -0.39 is 0 Å². The van der Waals surface area contributed by atoms with E-state index in [1.165, 1.54) is 11.4 Å². The minimum absolute atomic E-state index is 0. The summed E-state index contributed by atoms with van der Waals surface area (Å²) in [6.07, 6.45) is 23.4. The fourth-order valence-corrected chi connectivity index (χ4v) is 11.6. The van der Waals surface area contributed by atoms with Gasteiger partial charge < -0.3 is 51.9 Å². The Labute approximate surface area is 607 Å². The van der Waals surface area contributed by atoms with E-state index in [1.807, 2.05) is 131 Å². The molecule has 0 saturated heterocycles. The Morgan fingerprint density at radius 1 is 0.250 bits per heavy atom. The Hall–Kier alpha value is -13.4. The number of methoxy groups -OCH3 is 4. The lowest BCUT2D eigenvalue weighted by atomic mass is 10.1. The number of aryl methyl sites for hydroxylation is 2. The van der Waals surface area contributed by atoms with E-state index in [0.29, 0.717) is 16.8 Å². The van der Waals surface area contributed by atoms with E-state index in [1.54, 1.807) is 52.7 Å². The highest BCUT2D eigenvalue weighted by atomic mass is 19.0. The lowest BCUT2D eigenvalue weighted by Crippen LogP contribution is -2.10. The standard InChI is InChI=1S/C35H33N3O3.C33H31N3O.C21H17NO3.FH/c1-36-28(17-18-33(36)25-39)11-5-26-7-13-30(14-8-26)38(32-19-22-34(40-3)23-20-32)31-15-9-27(10-16-31)6-12-29-21-24-35(41-4)37(29)2;1-34-24-4-6-28(34)14-8-26-10-16-30(17-11-26)36(32-20-22-33(37-3)23-21-32)31-18-12-27(13-19-31)9-15-29-7-5-25-35(29)2;1-25-21-12-10-20(11-13-21)22(18-6-2-16(14-23)3-7-18)19-8-4-17(15-24)5-9-19;/h5-25H,1-4H3;4-25H,1-3H3;2-15H,1H3;1H/b11-5+,12-6+;14-8+,15-9+;;. The molecule has 4 aromatic heterocycles. The third-order valence-corrected chi connectivity index (χ3v) is 17.6. The first kappa shape index (κ1) is 73.3. The monoisotopic (exact) mass is 1380 g/mol. The maximum atomic E-state index is 11.2. The summed E-state index contributed by atoms with van der Waals surface area (Å²) in [7, 11) is 14.7. The van der Waals surface area contributed by atoms with Gasteiger partial charge in [0, 0.05) is 132 Å². The molecule has 0 aliphatic heterocycles. The molecule has 13 rings (SSSR count). The van der Waals surface area contributed by atoms with Crippen LogP contribution in [0.1, 0.15) is 76.2 Å². The van der Waals surface area contributed by atoms with E-state index in [9.17, 15) is 14.4 Å². The quantitative estimate of drug-likeness (QED) is 0.0541. The van der Waals surface area contributed by atoms with Gasteiger partial charge in [-0.05, 0) is 259 Å². The Bertz CT molecular complexity index is 4880. The molecule has 0 radical (unpaired) electrons. The highest BCUT2D eigenvalue weighted by molar-refractivity contribution is 5.85. The molecule has 0 fully saturated rings. The highest BCUT2D eigenvalue weighted by Crippen LogP contribution is 2.39. The van der Waals surface area contributed by atoms with E-state index >= 15 is 0 Å². The summed E-state index contributed by atoms with van der Waals surface area (Å²) in [6, 6.07) is 88.9. The van der Waals surface area contributed by atoms with Gasteiger partial charge in [-0.2, -0.15) is 0 Å². The van der Waals surface area contributed by atoms with Crippen LogP contribution in [-0.4, -0.2) is 65.6 Å². The maximum absolute atomic E-state index is 11.2. The van der Waals surface area contributed by atoms with Crippen molar-refractivity contribution in [1.29, 1.82) is 0 Å². The van der Waals surface area contributed by atoms with E-state index in [0.717, 1.165) is 127 Å². The first-order valence-corrected chi connectivity index (χ1v) is 33.4. The summed E-state index contributed by atoms with van der Waals surface area (Å²) in [5.41, 5.74) is 19.9. The molecule has 0 unspecified atom stereocenters. The number of halogens is 1. The van der Waals surface area contributed by atoms with Gasteiger partial charge in [-0.15, -0.1) is 0 Å². The van der Waals surface area contributed by atoms with E-state index in [2.05, 4.69) is 234 Å². The molecule has 0 N–H and O–H groups in total. The van der Waals surface area contributed by atoms with Gasteiger partial charge in [-0.3, -0.25) is 19.1 Å². The van der Waals surface area contributed by atoms with Crippen molar-refractivity contribution in [2.24, 2.45) is 28.2 Å². The normalized spacial score (nSPS) is 11.0. The minimum atomic E-state index is 0. The second-order valence-corrected chi connectivity index (χ2v) is 24.0. The number of anilines is 9. The summed E-state index contributed by atoms with van der Waals surface area (Å²) in [5.74, 6) is 3.25. The summed E-state index contributed by atoms with van der Waals surface area (Å²) in [6.45, 7) is 0. The van der Waals surface area contributed by atoms with Crippen LogP contribution in [0, 0.1) is 0 Å². The van der Waals surface area contributed by atoms with Crippen LogP contribution in [0.3, 0.4) is 0 Å². The fourth-order valence-electron chi connectivity index (χ4n) is 11.6. The first-order chi connectivity index (χ1) is 50.3. The molecular formula is C89H82FN7O7. The van der Waals surface area contributed by atoms with Crippen molar-refractivity contribution in [3.05, 3.63) is 341 Å². The van der Waals surface area contributed by atoms with Crippen molar-refractivity contribution in [3.8, 4) is 23.1 Å². The first-order valence-electron chi connectivity index (χ1n) is 33.4. The molecule has 0 aliphatic rings. The topological polar surface area (TPSA) is 118 Å². The molecule has 0 spiro atoms. The van der Waals surface area contributed by atoms with Gasteiger partial charge in [0.15, 0.2) is 12.2 Å². The molecule has 0 atom stereocenters. The average molecular weight is 1380 g/mol. The molecule has 0 bridgehead atoms. The number of nitrogens with zero attached hydrogens (tertiary/aromatic N) is 7. The fraction of sp³-hybridized carbons (Fsp3) is 0.0899. The van der Waals surface area contributed by atoms with Crippen LogP contribution < -0.4 is 33.6 Å². The number of carbonyl (C=O) groups is 3. The zero-order valence-electron chi connectivity index (χ0n) is 59.3. The Morgan fingerprint density at radius 2 is 0.500 bits per heavy atom. The third kappa shape index (κ3) is 18.3. The Balaban J connectivity index is 0.000000171. The number of aromatic nitrogens is 4. The van der Waals surface area contributed by atoms with Crippen LogP contribution in [0.2, 0.25) is 0 Å². The molecule has 14 nitrogen and oxygen atoms in total. The SMILES string of the molecule is COc1ccc(N(c2ccc(/C=C/c3ccc(C=O)n3C)cc2)c2ccc(/C=C/c3ccc(OC)n3C)cc2)cc1.COc1ccc(N(c2ccc(/C=C/c3cccn3C)cc2)c2ccc(/C=C/c3cccn3C)cc2)cc1.COc1ccc(N(c2ccc(C=O)cc2)c2ccc(C=O)cc2)cc1.F. The van der Waals surface area contributed by atoms with E-state index in [4.69, 9.17) is 18.9 Å². The number of carbonyl (C=O) groups excluding carboxylic acids is 3. The van der Waals surface area contributed by atoms with Crippen molar-refractivity contribution >= 4 is 119 Å². The summed E-state index contributed by atoms with van der Waals surface area (Å²) >= 11 is 0. The van der Waals surface area contributed by atoms with Gasteiger partial charge in [0.05, 0.1) is 34.1 Å². The van der Waals surface area contributed by atoms with Crippen molar-refractivity contribution in [1.82, 2.24) is 18.3 Å². The molecule has 13 aromatic rings. The van der Waals surface area contributed by atoms with Gasteiger partial charge >= 0.3 is 0 Å². The van der Waals surface area contributed by atoms with Crippen molar-refractivity contribution in [2.45, 2.75) is 0 Å². The second-order valence-electron chi connectivity index (χ2n) is 24.0. The van der Waals surface area contributed by atoms with Gasteiger partial charge in [-0.1, -0.05) is 72.8 Å². The van der Waals surface area contributed by atoms with Crippen molar-refractivity contribution < 1.29 is 38.0 Å². The number of ether oxygens (including phenoxy) is 4. The molecule has 0 amide bonds. The zero-order valence-corrected chi connectivity index (χ0v) is 59.3. The van der Waals surface area contributed by atoms with Crippen LogP contribution in [0.5, 0.6) is 23.1 Å². The largest absolute Gasteiger partial charge is 0.497 e. The van der Waals surface area contributed by atoms with Crippen LogP contribution in [0.15, 0.2) is 279 Å². The summed E-state index contributed by atoms with van der Waals surface area (Å²) in [5, 5.41) is 0. The number of hydrogen-bond acceptors (Lipinski definition) is 10. The zero-order chi connectivity index (χ0) is 72.0. The number of benzene rings is 9. The molecular weight excluding hydrogens is 1300 g/mol. The second kappa shape index (κ2) is 35.6. The third-order valence-electron chi connectivity index (χ3n) is 17.6. The maximum Gasteiger partial charge on any atom is 0.193 e. The molecule has 104 heavy (non-hydrogen) atoms. The van der Waals surface area contributed by atoms with Crippen molar-refractivity contribution in [2.75, 3.05) is 43.1 Å². The van der Waals surface area contributed by atoms with Crippen LogP contribution in [0.4, 0.5) is 55.9 Å². The average Bonchev–Trinajstić information content (AvgIpc) is 1.17. The smallest absolute Gasteiger partial charge is 0.193 e. The Morgan fingerprint density at radius 3 is 0.731 bits per heavy atom. The molecule has 522 valence electrons. The molecule has 0 aliphatic carbocycles.